The minimum absolute atomic E-state index is 0.205. The maximum Gasteiger partial charge on any atom is 0.303 e. The predicted molar refractivity (Wildman–Crippen MR) is 62.3 cm³/mol. The Labute approximate surface area is 95.5 Å². The number of benzene rings is 1. The third-order valence-corrected chi connectivity index (χ3v) is 3.19. The molecule has 1 fully saturated rings. The molecule has 2 rings (SSSR count). The van der Waals surface area contributed by atoms with E-state index in [9.17, 15) is 4.79 Å². The Morgan fingerprint density at radius 3 is 3.06 bits per heavy atom. The molecule has 0 bridgehead atoms. The summed E-state index contributed by atoms with van der Waals surface area (Å²) in [4.78, 5) is 10.8. The minimum atomic E-state index is -0.702. The fourth-order valence-electron chi connectivity index (χ4n) is 2.46. The van der Waals surface area contributed by atoms with E-state index in [1.807, 2.05) is 6.07 Å². The van der Waals surface area contributed by atoms with Gasteiger partial charge < -0.3 is 10.4 Å². The fourth-order valence-corrected chi connectivity index (χ4v) is 2.46. The number of rotatable bonds is 3. The summed E-state index contributed by atoms with van der Waals surface area (Å²) in [6.07, 6.45) is 1.20. The average Bonchev–Trinajstić information content (AvgIpc) is 2.65. The molecular weight excluding hydrogens is 202 g/mol. The summed E-state index contributed by atoms with van der Waals surface area (Å²) in [6.45, 7) is 2.97. The van der Waals surface area contributed by atoms with E-state index in [0.717, 1.165) is 13.0 Å². The van der Waals surface area contributed by atoms with E-state index in [0.29, 0.717) is 0 Å². The van der Waals surface area contributed by atoms with Gasteiger partial charge in [0.25, 0.3) is 0 Å². The lowest BCUT2D eigenvalue weighted by Gasteiger charge is -2.18. The van der Waals surface area contributed by atoms with Gasteiger partial charge in [0.15, 0.2) is 0 Å². The first-order chi connectivity index (χ1) is 7.66. The number of hydrogen-bond donors (Lipinski definition) is 2. The second-order valence-electron chi connectivity index (χ2n) is 4.49. The van der Waals surface area contributed by atoms with Crippen molar-refractivity contribution in [2.75, 3.05) is 6.54 Å². The van der Waals surface area contributed by atoms with Crippen LogP contribution < -0.4 is 5.32 Å². The SMILES string of the molecule is Cc1cccc([C@H]2NCC[C@@H]2CC(=O)O)c1. The van der Waals surface area contributed by atoms with E-state index < -0.39 is 5.97 Å². The molecule has 1 aromatic carbocycles. The topological polar surface area (TPSA) is 49.3 Å². The van der Waals surface area contributed by atoms with Crippen LogP contribution in [-0.4, -0.2) is 17.6 Å². The van der Waals surface area contributed by atoms with Gasteiger partial charge in [0.05, 0.1) is 6.42 Å². The Morgan fingerprint density at radius 1 is 1.56 bits per heavy atom. The van der Waals surface area contributed by atoms with Crippen molar-refractivity contribution in [1.82, 2.24) is 5.32 Å². The van der Waals surface area contributed by atoms with Gasteiger partial charge in [-0.1, -0.05) is 29.8 Å². The summed E-state index contributed by atoms with van der Waals surface area (Å²) in [6, 6.07) is 8.51. The Kier molecular flexibility index (Phi) is 3.25. The lowest BCUT2D eigenvalue weighted by atomic mass is 9.91. The molecule has 0 saturated carbocycles. The van der Waals surface area contributed by atoms with Gasteiger partial charge in [0, 0.05) is 6.04 Å². The Bertz CT molecular complexity index is 389. The molecule has 1 aliphatic rings. The normalized spacial score (nSPS) is 24.6. The van der Waals surface area contributed by atoms with Crippen LogP contribution in [0.15, 0.2) is 24.3 Å². The van der Waals surface area contributed by atoms with E-state index in [1.54, 1.807) is 0 Å². The molecule has 0 aromatic heterocycles. The molecule has 0 spiro atoms. The molecule has 1 aliphatic heterocycles. The highest BCUT2D eigenvalue weighted by Gasteiger charge is 2.29. The summed E-state index contributed by atoms with van der Waals surface area (Å²) in [5, 5.41) is 12.3. The number of aliphatic carboxylic acids is 1. The maximum atomic E-state index is 10.8. The largest absolute Gasteiger partial charge is 0.481 e. The van der Waals surface area contributed by atoms with Crippen molar-refractivity contribution in [3.05, 3.63) is 35.4 Å². The van der Waals surface area contributed by atoms with Gasteiger partial charge in [-0.05, 0) is 31.4 Å². The van der Waals surface area contributed by atoms with Gasteiger partial charge in [-0.15, -0.1) is 0 Å². The van der Waals surface area contributed by atoms with E-state index in [2.05, 4.69) is 30.4 Å². The average molecular weight is 219 g/mol. The lowest BCUT2D eigenvalue weighted by Crippen LogP contribution is -2.19. The van der Waals surface area contributed by atoms with Crippen molar-refractivity contribution in [3.63, 3.8) is 0 Å². The summed E-state index contributed by atoms with van der Waals surface area (Å²) in [5.74, 6) is -0.481. The molecule has 0 amide bonds. The van der Waals surface area contributed by atoms with Crippen LogP contribution in [-0.2, 0) is 4.79 Å². The van der Waals surface area contributed by atoms with Crippen LogP contribution in [0.4, 0.5) is 0 Å². The molecule has 0 unspecified atom stereocenters. The Balaban J connectivity index is 2.16. The number of nitrogens with one attached hydrogen (secondary N) is 1. The standard InChI is InChI=1S/C13H17NO2/c1-9-3-2-4-10(7-9)13-11(5-6-14-13)8-12(15)16/h2-4,7,11,13-14H,5-6,8H2,1H3,(H,15,16)/t11-,13-/m1/s1. The van der Waals surface area contributed by atoms with Gasteiger partial charge in [0.1, 0.15) is 0 Å². The second kappa shape index (κ2) is 4.66. The highest BCUT2D eigenvalue weighted by molar-refractivity contribution is 5.67. The van der Waals surface area contributed by atoms with E-state index >= 15 is 0 Å². The van der Waals surface area contributed by atoms with Crippen LogP contribution >= 0.6 is 0 Å². The fraction of sp³-hybridized carbons (Fsp3) is 0.462. The van der Waals surface area contributed by atoms with Crippen LogP contribution in [0, 0.1) is 12.8 Å². The van der Waals surface area contributed by atoms with Crippen molar-refractivity contribution in [1.29, 1.82) is 0 Å². The van der Waals surface area contributed by atoms with Crippen molar-refractivity contribution in [2.45, 2.75) is 25.8 Å². The van der Waals surface area contributed by atoms with Gasteiger partial charge in [0.2, 0.25) is 0 Å². The molecule has 0 radical (unpaired) electrons. The first-order valence-electron chi connectivity index (χ1n) is 5.68. The van der Waals surface area contributed by atoms with Crippen LogP contribution in [0.3, 0.4) is 0 Å². The third kappa shape index (κ3) is 2.42. The van der Waals surface area contributed by atoms with Crippen molar-refractivity contribution >= 4 is 5.97 Å². The molecule has 0 aliphatic carbocycles. The van der Waals surface area contributed by atoms with Crippen molar-refractivity contribution < 1.29 is 9.90 Å². The zero-order chi connectivity index (χ0) is 11.5. The maximum absolute atomic E-state index is 10.8. The first kappa shape index (κ1) is 11.1. The summed E-state index contributed by atoms with van der Waals surface area (Å²) in [5.41, 5.74) is 2.43. The van der Waals surface area contributed by atoms with Crippen LogP contribution in [0.5, 0.6) is 0 Å². The smallest absolute Gasteiger partial charge is 0.303 e. The highest BCUT2D eigenvalue weighted by Crippen LogP contribution is 2.32. The molecule has 2 N–H and O–H groups in total. The molecular formula is C13H17NO2. The number of hydrogen-bond acceptors (Lipinski definition) is 2. The van der Waals surface area contributed by atoms with Crippen LogP contribution in [0.2, 0.25) is 0 Å². The highest BCUT2D eigenvalue weighted by atomic mass is 16.4. The van der Waals surface area contributed by atoms with Crippen molar-refractivity contribution in [3.8, 4) is 0 Å². The van der Waals surface area contributed by atoms with Gasteiger partial charge >= 0.3 is 5.97 Å². The van der Waals surface area contributed by atoms with Gasteiger partial charge in [-0.25, -0.2) is 0 Å². The Morgan fingerprint density at radius 2 is 2.38 bits per heavy atom. The second-order valence-corrected chi connectivity index (χ2v) is 4.49. The number of carboxylic acid groups (broad SMARTS) is 1. The molecule has 16 heavy (non-hydrogen) atoms. The Hall–Kier alpha value is -1.35. The molecule has 1 saturated heterocycles. The van der Waals surface area contributed by atoms with E-state index in [-0.39, 0.29) is 18.4 Å². The number of carbonyl (C=O) groups is 1. The molecule has 1 aromatic rings. The quantitative estimate of drug-likeness (QED) is 0.818. The predicted octanol–water partition coefficient (Wildman–Crippen LogP) is 2.12. The summed E-state index contributed by atoms with van der Waals surface area (Å²) >= 11 is 0. The van der Waals surface area contributed by atoms with Gasteiger partial charge in [-0.3, -0.25) is 4.79 Å². The zero-order valence-corrected chi connectivity index (χ0v) is 9.44. The number of aryl methyl sites for hydroxylation is 1. The summed E-state index contributed by atoms with van der Waals surface area (Å²) in [7, 11) is 0. The lowest BCUT2D eigenvalue weighted by molar-refractivity contribution is -0.138. The number of carboxylic acids is 1. The third-order valence-electron chi connectivity index (χ3n) is 3.19. The van der Waals surface area contributed by atoms with Crippen LogP contribution in [0.25, 0.3) is 0 Å². The first-order valence-corrected chi connectivity index (χ1v) is 5.68. The molecule has 3 nitrogen and oxygen atoms in total. The van der Waals surface area contributed by atoms with E-state index in [4.69, 9.17) is 5.11 Å². The molecule has 86 valence electrons. The minimum Gasteiger partial charge on any atom is -0.481 e. The molecule has 1 heterocycles. The van der Waals surface area contributed by atoms with Crippen molar-refractivity contribution in [2.24, 2.45) is 5.92 Å². The van der Waals surface area contributed by atoms with Gasteiger partial charge in [-0.2, -0.15) is 0 Å². The van der Waals surface area contributed by atoms with Crippen LogP contribution in [0.1, 0.15) is 30.0 Å². The molecule has 2 atom stereocenters. The monoisotopic (exact) mass is 219 g/mol. The summed E-state index contributed by atoms with van der Waals surface area (Å²) < 4.78 is 0. The zero-order valence-electron chi connectivity index (χ0n) is 9.44. The molecule has 3 heteroatoms. The van der Waals surface area contributed by atoms with E-state index in [1.165, 1.54) is 11.1 Å².